The lowest BCUT2D eigenvalue weighted by molar-refractivity contribution is -0.140. The van der Waals surface area contributed by atoms with Crippen LogP contribution < -0.4 is 10.6 Å². The van der Waals surface area contributed by atoms with Crippen LogP contribution in [0.25, 0.3) is 0 Å². The highest BCUT2D eigenvalue weighted by molar-refractivity contribution is 5.80. The van der Waals surface area contributed by atoms with Crippen LogP contribution in [-0.2, 0) is 9.53 Å². The number of rotatable bonds is 12. The molecular weight excluding hydrogens is 278 g/mol. The first-order chi connectivity index (χ1) is 10.6. The molecule has 22 heavy (non-hydrogen) atoms. The summed E-state index contributed by atoms with van der Waals surface area (Å²) in [6, 6.07) is 0.448. The maximum Gasteiger partial charge on any atom is 0.305 e. The van der Waals surface area contributed by atoms with Gasteiger partial charge in [-0.15, -0.1) is 0 Å². The number of esters is 1. The van der Waals surface area contributed by atoms with Gasteiger partial charge in [-0.1, -0.05) is 32.6 Å². The third-order valence-electron chi connectivity index (χ3n) is 3.50. The minimum Gasteiger partial charge on any atom is -0.469 e. The molecule has 0 aliphatic rings. The number of carbonyl (C=O) groups is 1. The lowest BCUT2D eigenvalue weighted by Gasteiger charge is -2.17. The third-order valence-corrected chi connectivity index (χ3v) is 3.50. The summed E-state index contributed by atoms with van der Waals surface area (Å²) in [7, 11) is 1.43. The smallest absolute Gasteiger partial charge is 0.305 e. The Bertz CT molecular complexity index is 306. The van der Waals surface area contributed by atoms with Crippen LogP contribution in [0.5, 0.6) is 0 Å². The number of hydrogen-bond acceptors (Lipinski definition) is 3. The van der Waals surface area contributed by atoms with Crippen molar-refractivity contribution in [2.24, 2.45) is 4.99 Å². The number of nitrogens with zero attached hydrogens (tertiary/aromatic N) is 1. The van der Waals surface area contributed by atoms with Crippen LogP contribution in [0.1, 0.15) is 72.1 Å². The predicted octanol–water partition coefficient (Wildman–Crippen LogP) is 3.24. The summed E-state index contributed by atoms with van der Waals surface area (Å²) < 4.78 is 4.62. The van der Waals surface area contributed by atoms with E-state index >= 15 is 0 Å². The molecule has 0 aliphatic carbocycles. The fourth-order valence-corrected chi connectivity index (χ4v) is 2.18. The second-order valence-corrected chi connectivity index (χ2v) is 5.69. The summed E-state index contributed by atoms with van der Waals surface area (Å²) in [5.41, 5.74) is 0. The van der Waals surface area contributed by atoms with E-state index < -0.39 is 0 Å². The molecule has 0 saturated heterocycles. The molecule has 1 unspecified atom stereocenters. The summed E-state index contributed by atoms with van der Waals surface area (Å²) >= 11 is 0. The van der Waals surface area contributed by atoms with Crippen molar-refractivity contribution in [1.29, 1.82) is 0 Å². The molecule has 0 spiro atoms. The van der Waals surface area contributed by atoms with Gasteiger partial charge in [0.25, 0.3) is 0 Å². The number of unbranched alkanes of at least 4 members (excludes halogenated alkanes) is 4. The summed E-state index contributed by atoms with van der Waals surface area (Å²) in [5, 5.41) is 6.75. The molecule has 0 saturated carbocycles. The van der Waals surface area contributed by atoms with Crippen molar-refractivity contribution in [3.8, 4) is 0 Å². The first-order valence-electron chi connectivity index (χ1n) is 8.75. The van der Waals surface area contributed by atoms with Crippen molar-refractivity contribution >= 4 is 11.9 Å². The summed E-state index contributed by atoms with van der Waals surface area (Å²) in [5.74, 6) is 0.777. The summed E-state index contributed by atoms with van der Waals surface area (Å²) in [4.78, 5) is 15.6. The second-order valence-electron chi connectivity index (χ2n) is 5.69. The monoisotopic (exact) mass is 313 g/mol. The molecule has 2 N–H and O–H groups in total. The number of guanidine groups is 1. The minimum absolute atomic E-state index is 0.126. The topological polar surface area (TPSA) is 62.7 Å². The minimum atomic E-state index is -0.126. The zero-order valence-corrected chi connectivity index (χ0v) is 14.9. The van der Waals surface area contributed by atoms with Crippen LogP contribution in [0, 0.1) is 0 Å². The van der Waals surface area contributed by atoms with E-state index in [1.165, 1.54) is 32.8 Å². The van der Waals surface area contributed by atoms with Gasteiger partial charge in [0, 0.05) is 25.6 Å². The Balaban J connectivity index is 3.91. The van der Waals surface area contributed by atoms with Crippen LogP contribution in [0.4, 0.5) is 0 Å². The van der Waals surface area contributed by atoms with Gasteiger partial charge in [0.15, 0.2) is 5.96 Å². The van der Waals surface area contributed by atoms with Gasteiger partial charge in [-0.05, 0) is 33.1 Å². The van der Waals surface area contributed by atoms with Crippen LogP contribution in [0.15, 0.2) is 4.99 Å². The third kappa shape index (κ3) is 12.5. The first-order valence-corrected chi connectivity index (χ1v) is 8.75. The molecule has 0 aromatic carbocycles. The number of ether oxygens (including phenoxy) is 1. The predicted molar refractivity (Wildman–Crippen MR) is 93.2 cm³/mol. The normalized spacial score (nSPS) is 12.8. The zero-order chi connectivity index (χ0) is 16.6. The van der Waals surface area contributed by atoms with E-state index in [-0.39, 0.29) is 5.97 Å². The Morgan fingerprint density at radius 2 is 1.91 bits per heavy atom. The highest BCUT2D eigenvalue weighted by Crippen LogP contribution is 2.03. The molecule has 0 radical (unpaired) electrons. The van der Waals surface area contributed by atoms with Gasteiger partial charge >= 0.3 is 5.97 Å². The fourth-order valence-electron chi connectivity index (χ4n) is 2.18. The second kappa shape index (κ2) is 14.7. The summed E-state index contributed by atoms with van der Waals surface area (Å²) in [6.07, 6.45) is 8.37. The van der Waals surface area contributed by atoms with Crippen LogP contribution in [-0.4, -0.2) is 38.2 Å². The molecular formula is C17H35N3O2. The largest absolute Gasteiger partial charge is 0.469 e. The lowest BCUT2D eigenvalue weighted by Crippen LogP contribution is -2.42. The Kier molecular flexibility index (Phi) is 13.8. The molecule has 0 amide bonds. The number of methoxy groups -OCH3 is 1. The molecule has 1 atom stereocenters. The molecule has 0 bridgehead atoms. The maximum atomic E-state index is 11.0. The number of hydrogen-bond donors (Lipinski definition) is 2. The van der Waals surface area contributed by atoms with Gasteiger partial charge in [-0.25, -0.2) is 0 Å². The van der Waals surface area contributed by atoms with Crippen molar-refractivity contribution in [1.82, 2.24) is 10.6 Å². The quantitative estimate of drug-likeness (QED) is 0.251. The number of carbonyl (C=O) groups excluding carboxylic acids is 1. The van der Waals surface area contributed by atoms with Gasteiger partial charge in [0.05, 0.1) is 7.11 Å². The molecule has 0 aliphatic heterocycles. The molecule has 0 aromatic rings. The van der Waals surface area contributed by atoms with Gasteiger partial charge in [0.2, 0.25) is 0 Å². The average molecular weight is 313 g/mol. The van der Waals surface area contributed by atoms with Crippen molar-refractivity contribution < 1.29 is 9.53 Å². The van der Waals surface area contributed by atoms with Crippen molar-refractivity contribution in [2.75, 3.05) is 20.2 Å². The van der Waals surface area contributed by atoms with Gasteiger partial charge in [0.1, 0.15) is 0 Å². The van der Waals surface area contributed by atoms with Crippen molar-refractivity contribution in [2.45, 2.75) is 78.2 Å². The van der Waals surface area contributed by atoms with E-state index in [1.54, 1.807) is 0 Å². The molecule has 0 aromatic heterocycles. The van der Waals surface area contributed by atoms with Gasteiger partial charge in [-0.3, -0.25) is 9.79 Å². The highest BCUT2D eigenvalue weighted by Gasteiger charge is 2.04. The molecule has 5 nitrogen and oxygen atoms in total. The Morgan fingerprint density at radius 1 is 1.14 bits per heavy atom. The van der Waals surface area contributed by atoms with E-state index in [9.17, 15) is 4.79 Å². The Labute approximate surface area is 136 Å². The molecule has 130 valence electrons. The highest BCUT2D eigenvalue weighted by atomic mass is 16.5. The number of aliphatic imine (C=N–C) groups is 1. The van der Waals surface area contributed by atoms with E-state index in [2.05, 4.69) is 41.1 Å². The van der Waals surface area contributed by atoms with E-state index in [4.69, 9.17) is 0 Å². The van der Waals surface area contributed by atoms with E-state index in [1.807, 2.05) is 0 Å². The Hall–Kier alpha value is -1.26. The summed E-state index contributed by atoms with van der Waals surface area (Å²) in [6.45, 7) is 8.17. The Morgan fingerprint density at radius 3 is 2.55 bits per heavy atom. The van der Waals surface area contributed by atoms with Crippen molar-refractivity contribution in [3.63, 3.8) is 0 Å². The van der Waals surface area contributed by atoms with Gasteiger partial charge in [-0.2, -0.15) is 0 Å². The fraction of sp³-hybridized carbons (Fsp3) is 0.882. The standard InChI is InChI=1S/C17H35N3O2/c1-5-7-9-12-15(3)20-17(18-6-2)19-14-11-8-10-13-16(21)22-4/h15H,5-14H2,1-4H3,(H2,18,19,20). The maximum absolute atomic E-state index is 11.0. The van der Waals surface area contributed by atoms with Gasteiger partial charge < -0.3 is 15.4 Å². The van der Waals surface area contributed by atoms with Crippen LogP contribution in [0.2, 0.25) is 0 Å². The lowest BCUT2D eigenvalue weighted by atomic mass is 10.1. The van der Waals surface area contributed by atoms with E-state index in [0.29, 0.717) is 12.5 Å². The zero-order valence-electron chi connectivity index (χ0n) is 14.9. The van der Waals surface area contributed by atoms with Crippen molar-refractivity contribution in [3.05, 3.63) is 0 Å². The molecule has 0 fully saturated rings. The molecule has 0 heterocycles. The average Bonchev–Trinajstić information content (AvgIpc) is 2.50. The molecule has 0 rings (SSSR count). The van der Waals surface area contributed by atoms with E-state index in [0.717, 1.165) is 38.3 Å². The first kappa shape index (κ1) is 20.7. The molecule has 5 heteroatoms. The van der Waals surface area contributed by atoms with Crippen LogP contribution >= 0.6 is 0 Å². The van der Waals surface area contributed by atoms with Crippen LogP contribution in [0.3, 0.4) is 0 Å². The SMILES string of the molecule is CCCCCC(C)NC(=NCCCCCC(=O)OC)NCC. The number of nitrogens with one attached hydrogen (secondary N) is 2.